The number of thiophene rings is 1. The summed E-state index contributed by atoms with van der Waals surface area (Å²) < 4.78 is 66.4. The summed E-state index contributed by atoms with van der Waals surface area (Å²) in [6.45, 7) is 18.3. The van der Waals surface area contributed by atoms with Crippen LogP contribution in [0.25, 0.3) is 42.9 Å². The van der Waals surface area contributed by atoms with Gasteiger partial charge in [-0.05, 0) is 80.0 Å². The summed E-state index contributed by atoms with van der Waals surface area (Å²) in [5.74, 6) is 0.705. The van der Waals surface area contributed by atoms with Gasteiger partial charge in [-0.15, -0.1) is 46.2 Å². The molecule has 0 spiro atoms. The minimum absolute atomic E-state index is 0. The number of aromatic nitrogens is 1. The molecular formula is C48H57F3IrNO2S-. The van der Waals surface area contributed by atoms with Crippen LogP contribution in [0.2, 0.25) is 0 Å². The van der Waals surface area contributed by atoms with E-state index in [0.717, 1.165) is 62.9 Å². The third-order valence-electron chi connectivity index (χ3n) is 10.3. The molecule has 2 aromatic heterocycles. The fourth-order valence-electron chi connectivity index (χ4n) is 6.83. The molecule has 0 aliphatic rings. The maximum absolute atomic E-state index is 13.4. The molecule has 3 nitrogen and oxygen atoms in total. The van der Waals surface area contributed by atoms with Gasteiger partial charge in [0.2, 0.25) is 0 Å². The number of pyridine rings is 1. The maximum atomic E-state index is 13.4. The molecule has 8 heteroatoms. The molecule has 3 aromatic carbocycles. The number of alkyl halides is 3. The third-order valence-corrected chi connectivity index (χ3v) is 11.6. The number of carbonyl (C=O) groups is 1. The van der Waals surface area contributed by atoms with E-state index in [4.69, 9.17) is 4.11 Å². The van der Waals surface area contributed by atoms with E-state index in [2.05, 4.69) is 24.9 Å². The summed E-state index contributed by atoms with van der Waals surface area (Å²) in [5.41, 5.74) is 5.10. The quantitative estimate of drug-likeness (QED) is 0.0727. The largest absolute Gasteiger partial charge is 0.512 e. The van der Waals surface area contributed by atoms with Crippen LogP contribution in [0.1, 0.15) is 113 Å². The number of ketones is 1. The van der Waals surface area contributed by atoms with Crippen LogP contribution in [-0.2, 0) is 31.3 Å². The van der Waals surface area contributed by atoms with Crippen LogP contribution in [0.3, 0.4) is 0 Å². The van der Waals surface area contributed by atoms with Crippen molar-refractivity contribution in [3.8, 4) is 32.8 Å². The first-order valence-electron chi connectivity index (χ1n) is 20.8. The van der Waals surface area contributed by atoms with E-state index >= 15 is 0 Å². The number of rotatable bonds is 13. The molecule has 1 radical (unpaired) electrons. The Morgan fingerprint density at radius 2 is 1.41 bits per heavy atom. The predicted octanol–water partition coefficient (Wildman–Crippen LogP) is 14.8. The molecule has 0 saturated carbocycles. The van der Waals surface area contributed by atoms with Gasteiger partial charge in [0.1, 0.15) is 0 Å². The Bertz CT molecular complexity index is 2240. The van der Waals surface area contributed by atoms with Crippen LogP contribution in [0.5, 0.6) is 0 Å². The molecule has 2 heterocycles. The fourth-order valence-corrected chi connectivity index (χ4v) is 8.27. The number of aliphatic hydroxyl groups is 1. The molecule has 1 N–H and O–H groups in total. The van der Waals surface area contributed by atoms with E-state index in [9.17, 15) is 23.1 Å². The van der Waals surface area contributed by atoms with E-state index < -0.39 is 11.6 Å². The Kier molecular flexibility index (Phi) is 15.2. The number of allylic oxidation sites excluding steroid dienone is 2. The number of benzene rings is 3. The second-order valence-electron chi connectivity index (χ2n) is 15.3. The average Bonchev–Trinajstić information content (AvgIpc) is 3.56. The molecule has 0 aliphatic carbocycles. The number of hydrogen-bond acceptors (Lipinski definition) is 4. The summed E-state index contributed by atoms with van der Waals surface area (Å²) in [4.78, 5) is 17.3. The minimum Gasteiger partial charge on any atom is -0.512 e. The first kappa shape index (κ1) is 42.0. The summed E-state index contributed by atoms with van der Waals surface area (Å²) in [7, 11) is 0. The Labute approximate surface area is 354 Å². The molecule has 0 aliphatic heterocycles. The van der Waals surface area contributed by atoms with Gasteiger partial charge in [-0.3, -0.25) is 4.79 Å². The monoisotopic (exact) mass is 964 g/mol. The van der Waals surface area contributed by atoms with Gasteiger partial charge in [-0.25, -0.2) is 0 Å². The minimum atomic E-state index is -4.27. The normalized spacial score (nSPS) is 13.0. The molecule has 5 rings (SSSR count). The van der Waals surface area contributed by atoms with Crippen LogP contribution in [0.4, 0.5) is 13.2 Å². The Morgan fingerprint density at radius 3 is 1.93 bits per heavy atom. The SMILES string of the molecule is CCC(CC)C(=O)/C=C(\O)C(CC)CC.[2H]c1cc2c(C(C)C)c(-c3ccc(-c4ccc(CC(C)(C)C(F)(F)F)cc4)cc3)sc2c(-c2[c-]c(C)c([2H])c(C)c2[2H])n1.[Ir]. The van der Waals surface area contributed by atoms with Crippen molar-refractivity contribution in [1.82, 2.24) is 4.98 Å². The van der Waals surface area contributed by atoms with Crippen LogP contribution in [0, 0.1) is 37.2 Å². The van der Waals surface area contributed by atoms with Crippen molar-refractivity contribution in [3.05, 3.63) is 113 Å². The van der Waals surface area contributed by atoms with Crippen molar-refractivity contribution in [3.63, 3.8) is 0 Å². The van der Waals surface area contributed by atoms with Crippen LogP contribution >= 0.6 is 11.3 Å². The van der Waals surface area contributed by atoms with Crippen molar-refractivity contribution >= 4 is 27.2 Å². The van der Waals surface area contributed by atoms with Gasteiger partial charge in [0.25, 0.3) is 0 Å². The van der Waals surface area contributed by atoms with Crippen molar-refractivity contribution in [1.29, 1.82) is 0 Å². The van der Waals surface area contributed by atoms with E-state index in [-0.39, 0.29) is 68.0 Å². The first-order valence-corrected chi connectivity index (χ1v) is 20.2. The van der Waals surface area contributed by atoms with Gasteiger partial charge >= 0.3 is 6.18 Å². The molecule has 0 unspecified atom stereocenters. The molecule has 0 amide bonds. The van der Waals surface area contributed by atoms with Crippen molar-refractivity contribution in [2.45, 2.75) is 113 Å². The van der Waals surface area contributed by atoms with E-state index in [1.807, 2.05) is 64.1 Å². The van der Waals surface area contributed by atoms with Gasteiger partial charge in [0.15, 0.2) is 5.78 Å². The Balaban J connectivity index is 0.000000496. The van der Waals surface area contributed by atoms with E-state index in [1.165, 1.54) is 19.9 Å². The number of aliphatic hydroxyl groups excluding tert-OH is 1. The van der Waals surface area contributed by atoms with Gasteiger partial charge in [0, 0.05) is 59.5 Å². The first-order chi connectivity index (χ1) is 27.2. The van der Waals surface area contributed by atoms with Gasteiger partial charge in [-0.2, -0.15) is 13.2 Å². The van der Waals surface area contributed by atoms with Crippen molar-refractivity contribution in [2.24, 2.45) is 17.3 Å². The van der Waals surface area contributed by atoms with E-state index in [1.54, 1.807) is 43.4 Å². The van der Waals surface area contributed by atoms with Crippen molar-refractivity contribution in [2.75, 3.05) is 0 Å². The van der Waals surface area contributed by atoms with Gasteiger partial charge in [0.05, 0.1) is 12.5 Å². The average molecular weight is 964 g/mol. The Morgan fingerprint density at radius 1 is 0.875 bits per heavy atom. The molecule has 0 saturated heterocycles. The molecule has 56 heavy (non-hydrogen) atoms. The van der Waals surface area contributed by atoms with E-state index in [0.29, 0.717) is 34.0 Å². The number of aryl methyl sites for hydroxylation is 1. The second-order valence-corrected chi connectivity index (χ2v) is 16.3. The number of carbonyl (C=O) groups excluding carboxylic acids is 1. The summed E-state index contributed by atoms with van der Waals surface area (Å²) in [6.07, 6.45) is 0.671. The van der Waals surface area contributed by atoms with Gasteiger partial charge in [-0.1, -0.05) is 118 Å². The predicted molar refractivity (Wildman–Crippen MR) is 226 cm³/mol. The zero-order valence-corrected chi connectivity index (χ0v) is 37.4. The smallest absolute Gasteiger partial charge is 0.394 e. The van der Waals surface area contributed by atoms with Crippen LogP contribution < -0.4 is 0 Å². The topological polar surface area (TPSA) is 50.2 Å². The molecule has 5 aromatic rings. The molecule has 303 valence electrons. The standard InChI is InChI=1S/C35H33F3NS.C13H24O2.Ir/c1-21(2)30-29-15-16-39-31(28-18-22(3)17-23(4)19-28)33(29)40-32(30)27-13-11-26(12-14-27)25-9-7-24(8-10-25)20-34(5,6)35(36,37)38;1-5-10(6-2)12(14)9-13(15)11(7-3)8-4;/h7-18,21H,20H2,1-6H3;9-11,14H,5-8H2,1-4H3;/q-1;;/b;12-9-;/i16D,17D,18D;;. The summed E-state index contributed by atoms with van der Waals surface area (Å²) in [5, 5.41) is 10.7. The van der Waals surface area contributed by atoms with Crippen LogP contribution in [0.15, 0.2) is 84.7 Å². The number of nitrogens with zero attached hydrogens (tertiary/aromatic N) is 1. The van der Waals surface area contributed by atoms with Crippen molar-refractivity contribution < 1.29 is 47.3 Å². The number of halogens is 3. The molecule has 0 atom stereocenters. The van der Waals surface area contributed by atoms with Crippen LogP contribution in [-0.4, -0.2) is 22.1 Å². The zero-order valence-electron chi connectivity index (χ0n) is 37.2. The third kappa shape index (κ3) is 11.3. The molecular weight excluding hydrogens is 904 g/mol. The number of hydrogen-bond donors (Lipinski definition) is 1. The molecule has 0 bridgehead atoms. The maximum Gasteiger partial charge on any atom is 0.394 e. The van der Waals surface area contributed by atoms with Gasteiger partial charge < -0.3 is 10.1 Å². The number of fused-ring (bicyclic) bond motifs is 1. The zero-order chi connectivity index (χ0) is 43.3. The summed E-state index contributed by atoms with van der Waals surface area (Å²) in [6, 6.07) is 20.9. The Hall–Kier alpha value is -3.58. The summed E-state index contributed by atoms with van der Waals surface area (Å²) >= 11 is 1.58. The fraction of sp³-hybridized carbons (Fsp3) is 0.417. The second kappa shape index (κ2) is 20.2. The molecule has 0 fully saturated rings.